The Kier molecular flexibility index (Phi) is 1.42. The van der Waals surface area contributed by atoms with Crippen LogP contribution in [0.15, 0.2) is 12.1 Å². The standard InChI is InChI=1S/C7H5BN2S/c1-4-9-5-2-3-6(8)10-7(5)11-4/h2-3H,1H3. The smallest absolute Gasteiger partial charge is 0.142 e. The predicted octanol–water partition coefficient (Wildman–Crippen LogP) is 0.794. The van der Waals surface area contributed by atoms with Crippen LogP contribution in [-0.4, -0.2) is 17.8 Å². The molecule has 0 saturated heterocycles. The van der Waals surface area contributed by atoms with E-state index in [1.165, 1.54) is 0 Å². The lowest BCUT2D eigenvalue weighted by atomic mass is 10.0. The zero-order chi connectivity index (χ0) is 7.84. The minimum absolute atomic E-state index is 0.557. The molecule has 2 radical (unpaired) electrons. The van der Waals surface area contributed by atoms with Crippen LogP contribution >= 0.6 is 11.3 Å². The molecule has 2 aromatic rings. The van der Waals surface area contributed by atoms with Crippen molar-refractivity contribution in [3.05, 3.63) is 17.1 Å². The van der Waals surface area contributed by atoms with Gasteiger partial charge in [0, 0.05) is 0 Å². The Hall–Kier alpha value is -0.895. The summed E-state index contributed by atoms with van der Waals surface area (Å²) in [5, 5.41) is 1.03. The molecule has 11 heavy (non-hydrogen) atoms. The van der Waals surface area contributed by atoms with Crippen molar-refractivity contribution >= 4 is 35.1 Å². The van der Waals surface area contributed by atoms with E-state index in [0.29, 0.717) is 5.59 Å². The van der Waals surface area contributed by atoms with Gasteiger partial charge in [-0.05, 0) is 24.6 Å². The average Bonchev–Trinajstić information content (AvgIpc) is 2.27. The molecule has 2 aromatic heterocycles. The van der Waals surface area contributed by atoms with Crippen molar-refractivity contribution in [2.24, 2.45) is 0 Å². The second-order valence-electron chi connectivity index (χ2n) is 2.29. The van der Waals surface area contributed by atoms with Gasteiger partial charge in [-0.1, -0.05) is 11.3 Å². The summed E-state index contributed by atoms with van der Waals surface area (Å²) in [7, 11) is 5.50. The van der Waals surface area contributed by atoms with Gasteiger partial charge in [0.1, 0.15) is 18.2 Å². The van der Waals surface area contributed by atoms with E-state index in [1.807, 2.05) is 13.0 Å². The maximum absolute atomic E-state index is 5.50. The summed E-state index contributed by atoms with van der Waals surface area (Å²) >= 11 is 1.56. The van der Waals surface area contributed by atoms with Crippen molar-refractivity contribution in [2.75, 3.05) is 0 Å². The summed E-state index contributed by atoms with van der Waals surface area (Å²) in [6, 6.07) is 3.66. The first kappa shape index (κ1) is 6.79. The zero-order valence-corrected chi connectivity index (χ0v) is 6.85. The van der Waals surface area contributed by atoms with E-state index in [9.17, 15) is 0 Å². The average molecular weight is 160 g/mol. The van der Waals surface area contributed by atoms with Crippen molar-refractivity contribution in [1.29, 1.82) is 0 Å². The fourth-order valence-corrected chi connectivity index (χ4v) is 1.73. The lowest BCUT2D eigenvalue weighted by Gasteiger charge is -1.88. The highest BCUT2D eigenvalue weighted by Gasteiger charge is 1.99. The van der Waals surface area contributed by atoms with Crippen LogP contribution in [-0.2, 0) is 0 Å². The first-order valence-electron chi connectivity index (χ1n) is 3.25. The molecule has 52 valence electrons. The number of nitrogens with zero attached hydrogens (tertiary/aromatic N) is 2. The number of hydrogen-bond donors (Lipinski definition) is 0. The molecular weight excluding hydrogens is 155 g/mol. The fraction of sp³-hybridized carbons (Fsp3) is 0.143. The van der Waals surface area contributed by atoms with Gasteiger partial charge in [0.25, 0.3) is 0 Å². The number of aromatic nitrogens is 2. The van der Waals surface area contributed by atoms with Crippen LogP contribution in [0.5, 0.6) is 0 Å². The van der Waals surface area contributed by atoms with Crippen molar-refractivity contribution in [3.8, 4) is 0 Å². The van der Waals surface area contributed by atoms with Crippen LogP contribution in [0, 0.1) is 6.92 Å². The monoisotopic (exact) mass is 160 g/mol. The molecule has 0 atom stereocenters. The molecule has 4 heteroatoms. The fourth-order valence-electron chi connectivity index (χ4n) is 0.940. The predicted molar refractivity (Wildman–Crippen MR) is 47.5 cm³/mol. The Morgan fingerprint density at radius 3 is 3.00 bits per heavy atom. The lowest BCUT2D eigenvalue weighted by Crippen LogP contribution is -2.05. The molecule has 0 fully saturated rings. The van der Waals surface area contributed by atoms with Gasteiger partial charge in [-0.25, -0.2) is 4.98 Å². The molecule has 0 aliphatic heterocycles. The molecule has 0 unspecified atom stereocenters. The van der Waals surface area contributed by atoms with Crippen LogP contribution in [0.25, 0.3) is 10.3 Å². The van der Waals surface area contributed by atoms with E-state index in [2.05, 4.69) is 9.97 Å². The van der Waals surface area contributed by atoms with Gasteiger partial charge in [0.05, 0.1) is 5.01 Å². The van der Waals surface area contributed by atoms with Crippen molar-refractivity contribution in [2.45, 2.75) is 6.92 Å². The van der Waals surface area contributed by atoms with Gasteiger partial charge >= 0.3 is 0 Å². The van der Waals surface area contributed by atoms with Crippen LogP contribution in [0.1, 0.15) is 5.01 Å². The van der Waals surface area contributed by atoms with Crippen molar-refractivity contribution < 1.29 is 0 Å². The molecule has 2 heterocycles. The third-order valence-corrected chi connectivity index (χ3v) is 2.26. The molecular formula is C7H5BN2S. The zero-order valence-electron chi connectivity index (χ0n) is 6.03. The number of rotatable bonds is 0. The highest BCUT2D eigenvalue weighted by atomic mass is 32.1. The van der Waals surface area contributed by atoms with Crippen LogP contribution in [0.2, 0.25) is 0 Å². The third-order valence-electron chi connectivity index (χ3n) is 1.38. The Balaban J connectivity index is 2.82. The third kappa shape index (κ3) is 1.14. The maximum Gasteiger partial charge on any atom is 0.142 e. The first-order chi connectivity index (χ1) is 5.25. The molecule has 0 aromatic carbocycles. The van der Waals surface area contributed by atoms with Gasteiger partial charge in [0.2, 0.25) is 0 Å². The van der Waals surface area contributed by atoms with Crippen LogP contribution < -0.4 is 5.59 Å². The Morgan fingerprint density at radius 2 is 2.18 bits per heavy atom. The number of hydrogen-bond acceptors (Lipinski definition) is 3. The molecule has 0 bridgehead atoms. The van der Waals surface area contributed by atoms with Gasteiger partial charge in [-0.15, -0.1) is 0 Å². The minimum Gasteiger partial charge on any atom is -0.252 e. The first-order valence-corrected chi connectivity index (χ1v) is 4.07. The molecule has 0 N–H and O–H groups in total. The number of pyridine rings is 1. The summed E-state index contributed by atoms with van der Waals surface area (Å²) in [6.45, 7) is 1.96. The van der Waals surface area contributed by atoms with Crippen molar-refractivity contribution in [3.63, 3.8) is 0 Å². The topological polar surface area (TPSA) is 25.8 Å². The molecule has 0 spiro atoms. The number of thiazole rings is 1. The second-order valence-corrected chi connectivity index (χ2v) is 3.47. The van der Waals surface area contributed by atoms with Gasteiger partial charge < -0.3 is 0 Å². The van der Waals surface area contributed by atoms with Crippen molar-refractivity contribution in [1.82, 2.24) is 9.97 Å². The quantitative estimate of drug-likeness (QED) is 0.532. The Labute approximate surface area is 69.7 Å². The van der Waals surface area contributed by atoms with E-state index >= 15 is 0 Å². The molecule has 2 nitrogen and oxygen atoms in total. The maximum atomic E-state index is 5.50. The second kappa shape index (κ2) is 2.31. The molecule has 0 aliphatic carbocycles. The minimum atomic E-state index is 0.557. The Bertz CT molecular complexity index is 396. The lowest BCUT2D eigenvalue weighted by molar-refractivity contribution is 1.34. The summed E-state index contributed by atoms with van der Waals surface area (Å²) in [6.07, 6.45) is 0. The number of aryl methyl sites for hydroxylation is 1. The summed E-state index contributed by atoms with van der Waals surface area (Å²) in [5.41, 5.74) is 1.49. The van der Waals surface area contributed by atoms with E-state index in [1.54, 1.807) is 17.4 Å². The normalized spacial score (nSPS) is 10.6. The van der Waals surface area contributed by atoms with Gasteiger partial charge in [0.15, 0.2) is 0 Å². The largest absolute Gasteiger partial charge is 0.252 e. The number of fused-ring (bicyclic) bond motifs is 1. The highest BCUT2D eigenvalue weighted by Crippen LogP contribution is 2.16. The Morgan fingerprint density at radius 1 is 1.36 bits per heavy atom. The summed E-state index contributed by atoms with van der Waals surface area (Å²) < 4.78 is 0. The van der Waals surface area contributed by atoms with E-state index < -0.39 is 0 Å². The highest BCUT2D eigenvalue weighted by molar-refractivity contribution is 7.18. The molecule has 0 aliphatic rings. The van der Waals surface area contributed by atoms with E-state index in [0.717, 1.165) is 15.4 Å². The summed E-state index contributed by atoms with van der Waals surface area (Å²) in [4.78, 5) is 9.30. The molecule has 0 amide bonds. The van der Waals surface area contributed by atoms with Gasteiger partial charge in [-0.3, -0.25) is 4.98 Å². The van der Waals surface area contributed by atoms with Crippen LogP contribution in [0.4, 0.5) is 0 Å². The molecule has 0 saturated carbocycles. The molecule has 2 rings (SSSR count). The van der Waals surface area contributed by atoms with Crippen LogP contribution in [0.3, 0.4) is 0 Å². The van der Waals surface area contributed by atoms with Gasteiger partial charge in [-0.2, -0.15) is 0 Å². The van der Waals surface area contributed by atoms with E-state index in [-0.39, 0.29) is 0 Å². The summed E-state index contributed by atoms with van der Waals surface area (Å²) in [5.74, 6) is 0. The SMILES string of the molecule is [B]c1ccc2nc(C)sc2n1. The van der Waals surface area contributed by atoms with E-state index in [4.69, 9.17) is 7.85 Å².